The summed E-state index contributed by atoms with van der Waals surface area (Å²) in [6, 6.07) is 0. The molecule has 0 bridgehead atoms. The Bertz CT molecular complexity index is 905. The van der Waals surface area contributed by atoms with Crippen molar-refractivity contribution in [3.8, 4) is 0 Å². The van der Waals surface area contributed by atoms with Crippen LogP contribution in [0.3, 0.4) is 0 Å². The standard InChI is InChI=1S/C20H32N4O5S/c1-30(27,28)29-24-20(26)17-10-6-5-9-16(17)18(22-24)15-19(25)21-11-14-23-12-7-3-2-4-8-13-23/h2-15H2,1H3,(H,21,25). The number of aromatic nitrogens is 2. The lowest BCUT2D eigenvalue weighted by Gasteiger charge is -2.24. The Morgan fingerprint density at radius 2 is 1.67 bits per heavy atom. The zero-order valence-electron chi connectivity index (χ0n) is 17.7. The van der Waals surface area contributed by atoms with E-state index in [1.807, 2.05) is 0 Å². The largest absolute Gasteiger partial charge is 0.354 e. The minimum Gasteiger partial charge on any atom is -0.354 e. The highest BCUT2D eigenvalue weighted by Gasteiger charge is 2.23. The van der Waals surface area contributed by atoms with Gasteiger partial charge in [-0.3, -0.25) is 13.9 Å². The summed E-state index contributed by atoms with van der Waals surface area (Å²) in [6.45, 7) is 3.51. The van der Waals surface area contributed by atoms with E-state index in [-0.39, 0.29) is 12.3 Å². The van der Waals surface area contributed by atoms with E-state index in [1.54, 1.807) is 0 Å². The third-order valence-corrected chi connectivity index (χ3v) is 6.10. The maximum absolute atomic E-state index is 12.5. The van der Waals surface area contributed by atoms with Crippen LogP contribution < -0.4 is 15.2 Å². The molecule has 0 atom stereocenters. The summed E-state index contributed by atoms with van der Waals surface area (Å²) in [4.78, 5) is 28.0. The Kier molecular flexibility index (Phi) is 7.87. The highest BCUT2D eigenvalue weighted by molar-refractivity contribution is 7.86. The SMILES string of the molecule is CS(=O)(=O)On1nc(CC(=O)NCCN2CCCCCCC2)c2c(c1=O)CCCC2. The number of nitrogens with one attached hydrogen (secondary N) is 1. The highest BCUT2D eigenvalue weighted by atomic mass is 32.2. The van der Waals surface area contributed by atoms with E-state index in [1.165, 1.54) is 32.1 Å². The van der Waals surface area contributed by atoms with Gasteiger partial charge in [-0.1, -0.05) is 19.3 Å². The van der Waals surface area contributed by atoms with E-state index in [4.69, 9.17) is 4.28 Å². The van der Waals surface area contributed by atoms with Crippen LogP contribution in [0.1, 0.15) is 61.8 Å². The van der Waals surface area contributed by atoms with E-state index >= 15 is 0 Å². The van der Waals surface area contributed by atoms with Crippen LogP contribution >= 0.6 is 0 Å². The molecular formula is C20H32N4O5S. The van der Waals surface area contributed by atoms with Crippen molar-refractivity contribution in [3.05, 3.63) is 27.2 Å². The molecule has 0 unspecified atom stereocenters. The van der Waals surface area contributed by atoms with E-state index < -0.39 is 15.7 Å². The van der Waals surface area contributed by atoms with Crippen molar-refractivity contribution in [2.45, 2.75) is 64.2 Å². The minimum absolute atomic E-state index is 0.00423. The summed E-state index contributed by atoms with van der Waals surface area (Å²) in [6.07, 6.45) is 10.1. The molecule has 0 aromatic carbocycles. The van der Waals surface area contributed by atoms with Gasteiger partial charge in [-0.2, -0.15) is 8.42 Å². The maximum Gasteiger partial charge on any atom is 0.325 e. The Labute approximate surface area is 177 Å². The summed E-state index contributed by atoms with van der Waals surface area (Å²) in [5.74, 6) is -0.188. The zero-order chi connectivity index (χ0) is 21.6. The number of hydrogen-bond donors (Lipinski definition) is 1. The van der Waals surface area contributed by atoms with E-state index in [0.717, 1.165) is 44.3 Å². The topological polar surface area (TPSA) is 111 Å². The average molecular weight is 441 g/mol. The van der Waals surface area contributed by atoms with Gasteiger partial charge in [0.15, 0.2) is 0 Å². The second-order valence-electron chi connectivity index (χ2n) is 8.20. The lowest BCUT2D eigenvalue weighted by atomic mass is 9.91. The molecule has 1 N–H and O–H groups in total. The summed E-state index contributed by atoms with van der Waals surface area (Å²) in [7, 11) is -3.91. The molecule has 1 amide bonds. The van der Waals surface area contributed by atoms with Crippen LogP contribution in [0.15, 0.2) is 4.79 Å². The van der Waals surface area contributed by atoms with Crippen molar-refractivity contribution in [2.75, 3.05) is 32.4 Å². The second kappa shape index (κ2) is 10.4. The molecule has 30 heavy (non-hydrogen) atoms. The molecule has 1 aliphatic heterocycles. The van der Waals surface area contributed by atoms with Crippen LogP contribution in [0.25, 0.3) is 0 Å². The van der Waals surface area contributed by atoms with Crippen LogP contribution in [0, 0.1) is 0 Å². The smallest absolute Gasteiger partial charge is 0.325 e. The Morgan fingerprint density at radius 3 is 2.33 bits per heavy atom. The van der Waals surface area contributed by atoms with Crippen LogP contribution in [-0.4, -0.2) is 61.6 Å². The highest BCUT2D eigenvalue weighted by Crippen LogP contribution is 2.21. The first-order chi connectivity index (χ1) is 14.3. The molecule has 0 radical (unpaired) electrons. The molecule has 0 saturated carbocycles. The fourth-order valence-corrected chi connectivity index (χ4v) is 4.57. The van der Waals surface area contributed by atoms with Crippen LogP contribution in [0.4, 0.5) is 0 Å². The van der Waals surface area contributed by atoms with E-state index in [0.29, 0.717) is 35.5 Å². The molecule has 3 rings (SSSR count). The van der Waals surface area contributed by atoms with Gasteiger partial charge in [0.25, 0.3) is 0 Å². The van der Waals surface area contributed by atoms with Gasteiger partial charge in [-0.25, -0.2) is 0 Å². The van der Waals surface area contributed by atoms with Gasteiger partial charge in [0.05, 0.1) is 18.4 Å². The number of amides is 1. The monoisotopic (exact) mass is 440 g/mol. The van der Waals surface area contributed by atoms with Crippen molar-refractivity contribution in [1.82, 2.24) is 20.2 Å². The van der Waals surface area contributed by atoms with Crippen molar-refractivity contribution < 1.29 is 17.5 Å². The first kappa shape index (κ1) is 22.7. The van der Waals surface area contributed by atoms with Gasteiger partial charge in [-0.05, 0) is 62.0 Å². The Balaban J connectivity index is 1.65. The summed E-state index contributed by atoms with van der Waals surface area (Å²) < 4.78 is 27.7. The Morgan fingerprint density at radius 1 is 1.03 bits per heavy atom. The first-order valence-electron chi connectivity index (χ1n) is 10.9. The molecule has 1 aromatic heterocycles. The predicted octanol–water partition coefficient (Wildman–Crippen LogP) is 0.435. The average Bonchev–Trinajstić information content (AvgIpc) is 2.66. The summed E-state index contributed by atoms with van der Waals surface area (Å²) >= 11 is 0. The van der Waals surface area contributed by atoms with E-state index in [9.17, 15) is 18.0 Å². The second-order valence-corrected chi connectivity index (χ2v) is 9.76. The summed E-state index contributed by atoms with van der Waals surface area (Å²) in [5, 5.41) is 7.00. The number of carbonyl (C=O) groups is 1. The molecule has 2 aliphatic rings. The maximum atomic E-state index is 12.5. The van der Waals surface area contributed by atoms with Gasteiger partial charge in [0.1, 0.15) is 0 Å². The van der Waals surface area contributed by atoms with Gasteiger partial charge >= 0.3 is 15.7 Å². The number of rotatable bonds is 7. The van der Waals surface area contributed by atoms with Gasteiger partial charge < -0.3 is 10.2 Å². The van der Waals surface area contributed by atoms with Crippen molar-refractivity contribution in [2.24, 2.45) is 0 Å². The molecule has 1 saturated heterocycles. The van der Waals surface area contributed by atoms with Crippen molar-refractivity contribution in [1.29, 1.82) is 0 Å². The number of likely N-dealkylation sites (tertiary alicyclic amines) is 1. The normalized spacial score (nSPS) is 18.2. The molecule has 1 aliphatic carbocycles. The van der Waals surface area contributed by atoms with E-state index in [2.05, 4.69) is 15.3 Å². The molecule has 0 spiro atoms. The molecular weight excluding hydrogens is 408 g/mol. The quantitative estimate of drug-likeness (QED) is 0.655. The molecule has 1 fully saturated rings. The molecule has 10 heteroatoms. The minimum atomic E-state index is -3.91. The third kappa shape index (κ3) is 6.53. The molecule has 9 nitrogen and oxygen atoms in total. The van der Waals surface area contributed by atoms with Gasteiger partial charge in [0.2, 0.25) is 5.91 Å². The van der Waals surface area contributed by atoms with Crippen LogP contribution in [0.2, 0.25) is 0 Å². The third-order valence-electron chi connectivity index (χ3n) is 5.69. The number of fused-ring (bicyclic) bond motifs is 1. The predicted molar refractivity (Wildman–Crippen MR) is 113 cm³/mol. The first-order valence-corrected chi connectivity index (χ1v) is 12.7. The lowest BCUT2D eigenvalue weighted by molar-refractivity contribution is -0.120. The zero-order valence-corrected chi connectivity index (χ0v) is 18.5. The molecule has 168 valence electrons. The summed E-state index contributed by atoms with van der Waals surface area (Å²) in [5.41, 5.74) is 1.12. The number of hydrogen-bond acceptors (Lipinski definition) is 7. The fourth-order valence-electron chi connectivity index (χ4n) is 4.22. The van der Waals surface area contributed by atoms with Crippen LogP contribution in [-0.2, 0) is 34.2 Å². The van der Waals surface area contributed by atoms with Crippen LogP contribution in [0.5, 0.6) is 0 Å². The van der Waals surface area contributed by atoms with Crippen molar-refractivity contribution in [3.63, 3.8) is 0 Å². The number of carbonyl (C=O) groups excluding carboxylic acids is 1. The Hall–Kier alpha value is -1.94. The lowest BCUT2D eigenvalue weighted by Crippen LogP contribution is -2.39. The molecule has 2 heterocycles. The molecule has 1 aromatic rings. The number of nitrogens with zero attached hydrogens (tertiary/aromatic N) is 3. The van der Waals surface area contributed by atoms with Crippen molar-refractivity contribution >= 4 is 16.0 Å². The van der Waals surface area contributed by atoms with Gasteiger partial charge in [0, 0.05) is 18.7 Å². The fraction of sp³-hybridized carbons (Fsp3) is 0.750. The van der Waals surface area contributed by atoms with Gasteiger partial charge in [-0.15, -0.1) is 5.10 Å².